The van der Waals surface area contributed by atoms with Gasteiger partial charge in [0.1, 0.15) is 18.0 Å². The molecule has 0 aromatic carbocycles. The summed E-state index contributed by atoms with van der Waals surface area (Å²) in [6.45, 7) is 6.68. The first-order chi connectivity index (χ1) is 5.49. The molecule has 0 bridgehead atoms. The number of hydrogen-bond acceptors (Lipinski definition) is 2. The van der Waals surface area contributed by atoms with E-state index in [-0.39, 0.29) is 6.10 Å². The van der Waals surface area contributed by atoms with E-state index in [1.54, 1.807) is 13.0 Å². The monoisotopic (exact) mass is 176 g/mol. The van der Waals surface area contributed by atoms with Gasteiger partial charge in [-0.15, -0.1) is 0 Å². The molecule has 0 aliphatic heterocycles. The Bertz CT molecular complexity index is 153. The molecule has 0 aliphatic carbocycles. The van der Waals surface area contributed by atoms with Crippen LogP contribution in [0.3, 0.4) is 0 Å². The summed E-state index contributed by atoms with van der Waals surface area (Å²) >= 11 is 0. The molecule has 1 N–H and O–H groups in total. The summed E-state index contributed by atoms with van der Waals surface area (Å²) in [5, 5.41) is 9.27. The predicted molar refractivity (Wildman–Crippen MR) is 46.6 cm³/mol. The van der Waals surface area contributed by atoms with Crippen molar-refractivity contribution in [3.63, 3.8) is 0 Å². The lowest BCUT2D eigenvalue weighted by Crippen LogP contribution is -2.24. The van der Waals surface area contributed by atoms with Crippen molar-refractivity contribution in [3.05, 3.63) is 11.8 Å². The number of aliphatic hydroxyl groups is 1. The van der Waals surface area contributed by atoms with Gasteiger partial charge in [-0.2, -0.15) is 0 Å². The van der Waals surface area contributed by atoms with Crippen LogP contribution in [0.15, 0.2) is 11.8 Å². The van der Waals surface area contributed by atoms with Gasteiger partial charge in [-0.05, 0) is 33.8 Å². The van der Waals surface area contributed by atoms with Crippen LogP contribution in [-0.2, 0) is 4.74 Å². The van der Waals surface area contributed by atoms with Crippen LogP contribution in [0.25, 0.3) is 0 Å². The van der Waals surface area contributed by atoms with Gasteiger partial charge < -0.3 is 9.84 Å². The molecule has 0 heterocycles. The second-order valence-corrected chi connectivity index (χ2v) is 2.98. The van der Waals surface area contributed by atoms with Crippen molar-refractivity contribution < 1.29 is 14.2 Å². The van der Waals surface area contributed by atoms with Gasteiger partial charge >= 0.3 is 0 Å². The number of halogens is 1. The molecule has 0 saturated heterocycles. The number of ether oxygens (including phenoxy) is 1. The zero-order valence-electron chi connectivity index (χ0n) is 8.04. The summed E-state index contributed by atoms with van der Waals surface area (Å²) in [5.74, 6) is 0.306. The standard InChI is InChI=1S/C9H17FO2/c1-5-8(12-6(2)3)9(11)7(4)10/h5-7,9,11H,1-4H3/b8-5-. The Morgan fingerprint density at radius 2 is 1.92 bits per heavy atom. The first-order valence-electron chi connectivity index (χ1n) is 4.14. The van der Waals surface area contributed by atoms with Gasteiger partial charge in [0.15, 0.2) is 0 Å². The Morgan fingerprint density at radius 1 is 1.42 bits per heavy atom. The van der Waals surface area contributed by atoms with E-state index in [1.807, 2.05) is 13.8 Å². The zero-order valence-corrected chi connectivity index (χ0v) is 8.04. The highest BCUT2D eigenvalue weighted by Crippen LogP contribution is 2.12. The largest absolute Gasteiger partial charge is 0.493 e. The first-order valence-corrected chi connectivity index (χ1v) is 4.14. The van der Waals surface area contributed by atoms with Crippen molar-refractivity contribution in [1.29, 1.82) is 0 Å². The second-order valence-electron chi connectivity index (χ2n) is 2.98. The fourth-order valence-corrected chi connectivity index (χ4v) is 0.807. The molecule has 2 nitrogen and oxygen atoms in total. The quantitative estimate of drug-likeness (QED) is 0.664. The number of allylic oxidation sites excluding steroid dienone is 1. The van der Waals surface area contributed by atoms with Gasteiger partial charge in [0, 0.05) is 0 Å². The van der Waals surface area contributed by atoms with Gasteiger partial charge in [-0.1, -0.05) is 0 Å². The fourth-order valence-electron chi connectivity index (χ4n) is 0.807. The minimum Gasteiger partial charge on any atom is -0.493 e. The summed E-state index contributed by atoms with van der Waals surface area (Å²) in [6.07, 6.45) is -0.891. The number of alkyl halides is 1. The van der Waals surface area contributed by atoms with Crippen LogP contribution in [0.4, 0.5) is 4.39 Å². The first kappa shape index (κ1) is 11.4. The van der Waals surface area contributed by atoms with E-state index >= 15 is 0 Å². The van der Waals surface area contributed by atoms with Crippen LogP contribution in [0, 0.1) is 0 Å². The number of rotatable bonds is 4. The van der Waals surface area contributed by atoms with E-state index in [4.69, 9.17) is 4.74 Å². The summed E-state index contributed by atoms with van der Waals surface area (Å²) in [6, 6.07) is 0. The molecule has 2 unspecified atom stereocenters. The summed E-state index contributed by atoms with van der Waals surface area (Å²) in [5.41, 5.74) is 0. The molecule has 0 aromatic heterocycles. The highest BCUT2D eigenvalue weighted by atomic mass is 19.1. The lowest BCUT2D eigenvalue weighted by molar-refractivity contribution is 0.0319. The molecular formula is C9H17FO2. The maximum Gasteiger partial charge on any atom is 0.141 e. The molecule has 72 valence electrons. The third-order valence-corrected chi connectivity index (χ3v) is 1.38. The molecule has 0 aliphatic rings. The molecule has 0 saturated carbocycles. The van der Waals surface area contributed by atoms with Gasteiger partial charge in [0.05, 0.1) is 6.10 Å². The van der Waals surface area contributed by atoms with Gasteiger partial charge in [0.25, 0.3) is 0 Å². The highest BCUT2D eigenvalue weighted by molar-refractivity contribution is 5.00. The Balaban J connectivity index is 4.17. The van der Waals surface area contributed by atoms with E-state index in [2.05, 4.69) is 0 Å². The number of hydrogen-bond donors (Lipinski definition) is 1. The molecule has 2 atom stereocenters. The lowest BCUT2D eigenvalue weighted by atomic mass is 10.2. The van der Waals surface area contributed by atoms with Crippen LogP contribution in [-0.4, -0.2) is 23.5 Å². The third kappa shape index (κ3) is 3.72. The van der Waals surface area contributed by atoms with Crippen LogP contribution in [0.1, 0.15) is 27.7 Å². The Labute approximate surface area is 73.0 Å². The summed E-state index contributed by atoms with van der Waals surface area (Å²) < 4.78 is 17.8. The zero-order chi connectivity index (χ0) is 9.72. The van der Waals surface area contributed by atoms with E-state index < -0.39 is 12.3 Å². The SMILES string of the molecule is C/C=C(\OC(C)C)C(O)C(C)F. The van der Waals surface area contributed by atoms with E-state index in [9.17, 15) is 9.50 Å². The Hall–Kier alpha value is -0.570. The van der Waals surface area contributed by atoms with Gasteiger partial charge in [-0.25, -0.2) is 4.39 Å². The topological polar surface area (TPSA) is 29.5 Å². The van der Waals surface area contributed by atoms with Gasteiger partial charge in [0.2, 0.25) is 0 Å². The minimum atomic E-state index is -1.30. The molecule has 12 heavy (non-hydrogen) atoms. The Kier molecular flexibility index (Phi) is 4.90. The highest BCUT2D eigenvalue weighted by Gasteiger charge is 2.19. The van der Waals surface area contributed by atoms with E-state index in [0.29, 0.717) is 5.76 Å². The maximum absolute atomic E-state index is 12.6. The number of aliphatic hydroxyl groups excluding tert-OH is 1. The Morgan fingerprint density at radius 3 is 2.17 bits per heavy atom. The maximum atomic E-state index is 12.6. The smallest absolute Gasteiger partial charge is 0.141 e. The molecule has 0 rings (SSSR count). The fraction of sp³-hybridized carbons (Fsp3) is 0.778. The van der Waals surface area contributed by atoms with E-state index in [0.717, 1.165) is 0 Å². The molecule has 0 radical (unpaired) electrons. The molecule has 0 fully saturated rings. The lowest BCUT2D eigenvalue weighted by Gasteiger charge is -2.19. The van der Waals surface area contributed by atoms with Crippen LogP contribution in [0.5, 0.6) is 0 Å². The second kappa shape index (κ2) is 5.14. The molecule has 0 amide bonds. The molecule has 0 aromatic rings. The average molecular weight is 176 g/mol. The average Bonchev–Trinajstić information content (AvgIpc) is 1.98. The van der Waals surface area contributed by atoms with Crippen molar-refractivity contribution in [1.82, 2.24) is 0 Å². The minimum absolute atomic E-state index is 0.0374. The van der Waals surface area contributed by atoms with Crippen LogP contribution < -0.4 is 0 Å². The third-order valence-electron chi connectivity index (χ3n) is 1.38. The molecule has 0 spiro atoms. The van der Waals surface area contributed by atoms with Crippen LogP contribution >= 0.6 is 0 Å². The predicted octanol–water partition coefficient (Wildman–Crippen LogP) is 2.03. The van der Waals surface area contributed by atoms with Crippen LogP contribution in [0.2, 0.25) is 0 Å². The van der Waals surface area contributed by atoms with Crippen molar-refractivity contribution >= 4 is 0 Å². The van der Waals surface area contributed by atoms with Crippen molar-refractivity contribution in [3.8, 4) is 0 Å². The van der Waals surface area contributed by atoms with Crippen molar-refractivity contribution in [2.24, 2.45) is 0 Å². The summed E-state index contributed by atoms with van der Waals surface area (Å²) in [7, 11) is 0. The normalized spacial score (nSPS) is 17.8. The van der Waals surface area contributed by atoms with Crippen molar-refractivity contribution in [2.45, 2.75) is 46.1 Å². The molecule has 3 heteroatoms. The van der Waals surface area contributed by atoms with Gasteiger partial charge in [-0.3, -0.25) is 0 Å². The molecular weight excluding hydrogens is 159 g/mol. The summed E-state index contributed by atoms with van der Waals surface area (Å²) in [4.78, 5) is 0. The van der Waals surface area contributed by atoms with Crippen molar-refractivity contribution in [2.75, 3.05) is 0 Å². The van der Waals surface area contributed by atoms with E-state index in [1.165, 1.54) is 6.92 Å².